The number of nitrogens with zero attached hydrogens (tertiary/aromatic N) is 1. The van der Waals surface area contributed by atoms with Crippen LogP contribution in [-0.4, -0.2) is 28.1 Å². The van der Waals surface area contributed by atoms with Gasteiger partial charge in [-0.25, -0.2) is 14.2 Å². The molecule has 3 rings (SSSR count). The number of aliphatic carboxylic acids is 1. The van der Waals surface area contributed by atoms with Gasteiger partial charge in [0.05, 0.1) is 17.8 Å². The fraction of sp³-hybridized carbons (Fsp3) is 0.316. The van der Waals surface area contributed by atoms with E-state index in [9.17, 15) is 14.0 Å². The van der Waals surface area contributed by atoms with Gasteiger partial charge in [0.1, 0.15) is 0 Å². The van der Waals surface area contributed by atoms with Crippen LogP contribution in [0.4, 0.5) is 14.9 Å². The lowest BCUT2D eigenvalue weighted by Crippen LogP contribution is -2.40. The first-order valence-electron chi connectivity index (χ1n) is 8.70. The standard InChI is InChI=1S/C19H20FN3O4/c20-15-3-1-2-4-16(15)27-17-10-9-14(11-21-17)23-19(26)22-13-7-5-12(6-8-13)18(24)25/h1-4,9-13H,5-8H2,(H,24,25)(H2,22,23,26). The predicted molar refractivity (Wildman–Crippen MR) is 96.2 cm³/mol. The lowest BCUT2D eigenvalue weighted by molar-refractivity contribution is -0.142. The van der Waals surface area contributed by atoms with Gasteiger partial charge in [-0.05, 0) is 43.9 Å². The molecule has 1 aromatic heterocycles. The number of urea groups is 1. The van der Waals surface area contributed by atoms with Gasteiger partial charge < -0.3 is 20.5 Å². The molecule has 0 unspecified atom stereocenters. The van der Waals surface area contributed by atoms with Crippen molar-refractivity contribution in [1.29, 1.82) is 0 Å². The predicted octanol–water partition coefficient (Wildman–Crippen LogP) is 3.78. The zero-order valence-electron chi connectivity index (χ0n) is 14.5. The second kappa shape index (κ2) is 8.48. The van der Waals surface area contributed by atoms with Crippen LogP contribution >= 0.6 is 0 Å². The zero-order valence-corrected chi connectivity index (χ0v) is 14.5. The molecule has 1 aromatic carbocycles. The molecule has 1 saturated carbocycles. The third-order valence-corrected chi connectivity index (χ3v) is 4.46. The molecule has 1 fully saturated rings. The van der Waals surface area contributed by atoms with E-state index in [0.29, 0.717) is 31.4 Å². The number of hydrogen-bond acceptors (Lipinski definition) is 4. The minimum Gasteiger partial charge on any atom is -0.481 e. The smallest absolute Gasteiger partial charge is 0.319 e. The summed E-state index contributed by atoms with van der Waals surface area (Å²) in [6, 6.07) is 8.72. The molecule has 0 spiro atoms. The van der Waals surface area contributed by atoms with Gasteiger partial charge in [0.25, 0.3) is 0 Å². The van der Waals surface area contributed by atoms with Crippen molar-refractivity contribution in [2.24, 2.45) is 5.92 Å². The van der Waals surface area contributed by atoms with Gasteiger partial charge in [-0.15, -0.1) is 0 Å². The van der Waals surface area contributed by atoms with Crippen molar-refractivity contribution >= 4 is 17.7 Å². The molecule has 1 aliphatic rings. The highest BCUT2D eigenvalue weighted by Crippen LogP contribution is 2.25. The molecule has 0 saturated heterocycles. The summed E-state index contributed by atoms with van der Waals surface area (Å²) in [7, 11) is 0. The normalized spacial score (nSPS) is 19.1. The minimum atomic E-state index is -0.776. The van der Waals surface area contributed by atoms with Crippen LogP contribution in [0.1, 0.15) is 25.7 Å². The molecule has 0 radical (unpaired) electrons. The summed E-state index contributed by atoms with van der Waals surface area (Å²) in [6.07, 6.45) is 3.81. The highest BCUT2D eigenvalue weighted by Gasteiger charge is 2.26. The lowest BCUT2D eigenvalue weighted by atomic mass is 9.86. The van der Waals surface area contributed by atoms with Crippen LogP contribution in [0.2, 0.25) is 0 Å². The quantitative estimate of drug-likeness (QED) is 0.741. The fourth-order valence-electron chi connectivity index (χ4n) is 2.99. The molecule has 7 nitrogen and oxygen atoms in total. The van der Waals surface area contributed by atoms with Gasteiger partial charge in [0, 0.05) is 12.1 Å². The summed E-state index contributed by atoms with van der Waals surface area (Å²) in [5.74, 6) is -1.31. The zero-order chi connectivity index (χ0) is 19.2. The second-order valence-electron chi connectivity index (χ2n) is 6.40. The summed E-state index contributed by atoms with van der Waals surface area (Å²) < 4.78 is 18.9. The topological polar surface area (TPSA) is 101 Å². The largest absolute Gasteiger partial charge is 0.481 e. The Hall–Kier alpha value is -3.16. The van der Waals surface area contributed by atoms with E-state index in [4.69, 9.17) is 9.84 Å². The molecule has 1 aliphatic carbocycles. The van der Waals surface area contributed by atoms with E-state index >= 15 is 0 Å². The number of carboxylic acids is 1. The Labute approximate surface area is 155 Å². The van der Waals surface area contributed by atoms with Crippen molar-refractivity contribution in [3.63, 3.8) is 0 Å². The van der Waals surface area contributed by atoms with E-state index in [-0.39, 0.29) is 29.6 Å². The first kappa shape index (κ1) is 18.6. The number of para-hydroxylation sites is 1. The fourth-order valence-corrected chi connectivity index (χ4v) is 2.99. The monoisotopic (exact) mass is 373 g/mol. The number of nitrogens with one attached hydrogen (secondary N) is 2. The molecule has 8 heteroatoms. The van der Waals surface area contributed by atoms with Gasteiger partial charge in [-0.3, -0.25) is 4.79 Å². The summed E-state index contributed by atoms with van der Waals surface area (Å²) in [6.45, 7) is 0. The molecule has 0 bridgehead atoms. The molecule has 2 aromatic rings. The number of aromatic nitrogens is 1. The number of hydrogen-bond donors (Lipinski definition) is 3. The molecule has 0 aliphatic heterocycles. The molecule has 142 valence electrons. The maximum absolute atomic E-state index is 13.6. The lowest BCUT2D eigenvalue weighted by Gasteiger charge is -2.26. The van der Waals surface area contributed by atoms with Gasteiger partial charge in [-0.2, -0.15) is 0 Å². The summed E-state index contributed by atoms with van der Waals surface area (Å²) in [5.41, 5.74) is 0.465. The molecular formula is C19H20FN3O4. The van der Waals surface area contributed by atoms with Crippen molar-refractivity contribution in [2.75, 3.05) is 5.32 Å². The number of anilines is 1. The van der Waals surface area contributed by atoms with E-state index in [1.165, 1.54) is 24.4 Å². The summed E-state index contributed by atoms with van der Waals surface area (Å²) in [4.78, 5) is 27.1. The Bertz CT molecular complexity index is 805. The SMILES string of the molecule is O=C(Nc1ccc(Oc2ccccc2F)nc1)NC1CCC(C(=O)O)CC1. The number of halogens is 1. The van der Waals surface area contributed by atoms with Gasteiger partial charge in [0.15, 0.2) is 11.6 Å². The maximum atomic E-state index is 13.6. The van der Waals surface area contributed by atoms with E-state index in [2.05, 4.69) is 15.6 Å². The average molecular weight is 373 g/mol. The molecule has 0 atom stereocenters. The molecule has 2 amide bonds. The first-order chi connectivity index (χ1) is 13.0. The van der Waals surface area contributed by atoms with E-state index < -0.39 is 11.8 Å². The average Bonchev–Trinajstić information content (AvgIpc) is 2.65. The van der Waals surface area contributed by atoms with Crippen molar-refractivity contribution in [3.8, 4) is 11.6 Å². The minimum absolute atomic E-state index is 0.0442. The Balaban J connectivity index is 1.49. The van der Waals surface area contributed by atoms with Crippen molar-refractivity contribution in [3.05, 3.63) is 48.4 Å². The Kier molecular flexibility index (Phi) is 5.85. The number of rotatable bonds is 5. The molecule has 3 N–H and O–H groups in total. The van der Waals surface area contributed by atoms with E-state index in [1.807, 2.05) is 0 Å². The molecule has 27 heavy (non-hydrogen) atoms. The maximum Gasteiger partial charge on any atom is 0.319 e. The van der Waals surface area contributed by atoms with Crippen LogP contribution in [0.15, 0.2) is 42.6 Å². The summed E-state index contributed by atoms with van der Waals surface area (Å²) >= 11 is 0. The Morgan fingerprint density at radius 2 is 1.85 bits per heavy atom. The van der Waals surface area contributed by atoms with Crippen LogP contribution in [-0.2, 0) is 4.79 Å². The van der Waals surface area contributed by atoms with Gasteiger partial charge >= 0.3 is 12.0 Å². The number of carbonyl (C=O) groups is 2. The highest BCUT2D eigenvalue weighted by atomic mass is 19.1. The Morgan fingerprint density at radius 3 is 2.48 bits per heavy atom. The number of amides is 2. The van der Waals surface area contributed by atoms with E-state index in [1.54, 1.807) is 18.2 Å². The third-order valence-electron chi connectivity index (χ3n) is 4.46. The second-order valence-corrected chi connectivity index (χ2v) is 6.40. The Morgan fingerprint density at radius 1 is 1.11 bits per heavy atom. The highest BCUT2D eigenvalue weighted by molar-refractivity contribution is 5.89. The van der Waals surface area contributed by atoms with Crippen LogP contribution in [0.5, 0.6) is 11.6 Å². The number of carboxylic acid groups (broad SMARTS) is 1. The van der Waals surface area contributed by atoms with E-state index in [0.717, 1.165) is 0 Å². The van der Waals surface area contributed by atoms with Crippen molar-refractivity contribution < 1.29 is 23.8 Å². The van der Waals surface area contributed by atoms with Crippen LogP contribution in [0.25, 0.3) is 0 Å². The van der Waals surface area contributed by atoms with Crippen LogP contribution in [0, 0.1) is 11.7 Å². The molecule has 1 heterocycles. The first-order valence-corrected chi connectivity index (χ1v) is 8.70. The number of ether oxygens (including phenoxy) is 1. The van der Waals surface area contributed by atoms with Crippen LogP contribution in [0.3, 0.4) is 0 Å². The number of benzene rings is 1. The van der Waals surface area contributed by atoms with Crippen LogP contribution < -0.4 is 15.4 Å². The van der Waals surface area contributed by atoms with Crippen molar-refractivity contribution in [1.82, 2.24) is 10.3 Å². The van der Waals surface area contributed by atoms with Gasteiger partial charge in [-0.1, -0.05) is 12.1 Å². The summed E-state index contributed by atoms with van der Waals surface area (Å²) in [5, 5.41) is 14.5. The molecular weight excluding hydrogens is 353 g/mol. The number of carbonyl (C=O) groups excluding carboxylic acids is 1. The van der Waals surface area contributed by atoms with Crippen molar-refractivity contribution in [2.45, 2.75) is 31.7 Å². The van der Waals surface area contributed by atoms with Gasteiger partial charge in [0.2, 0.25) is 5.88 Å². The number of pyridine rings is 1. The third kappa shape index (κ3) is 5.16.